The van der Waals surface area contributed by atoms with Gasteiger partial charge in [-0.2, -0.15) is 5.26 Å². The summed E-state index contributed by atoms with van der Waals surface area (Å²) >= 11 is 0. The highest BCUT2D eigenvalue weighted by atomic mass is 19.1. The van der Waals surface area contributed by atoms with Crippen molar-refractivity contribution in [2.24, 2.45) is 5.84 Å². The van der Waals surface area contributed by atoms with Crippen LogP contribution in [0.3, 0.4) is 0 Å². The summed E-state index contributed by atoms with van der Waals surface area (Å²) in [5.74, 6) is 6.42. The highest BCUT2D eigenvalue weighted by molar-refractivity contribution is 5.65. The highest BCUT2D eigenvalue weighted by Gasteiger charge is 2.07. The summed E-state index contributed by atoms with van der Waals surface area (Å²) in [6, 6.07) is 7.44. The normalized spacial score (nSPS) is 9.90. The van der Waals surface area contributed by atoms with Gasteiger partial charge in [0.25, 0.3) is 0 Å². The quantitative estimate of drug-likeness (QED) is 0.582. The van der Waals surface area contributed by atoms with Crippen LogP contribution in [-0.2, 0) is 6.42 Å². The number of benzene rings is 1. The van der Waals surface area contributed by atoms with Crippen molar-refractivity contribution in [1.82, 2.24) is 9.97 Å². The first-order chi connectivity index (χ1) is 9.66. The maximum Gasteiger partial charge on any atom is 0.145 e. The van der Waals surface area contributed by atoms with E-state index >= 15 is 0 Å². The van der Waals surface area contributed by atoms with Crippen LogP contribution >= 0.6 is 0 Å². The number of nitrogens with zero attached hydrogens (tertiary/aromatic N) is 3. The molecule has 0 aliphatic heterocycles. The zero-order valence-electron chi connectivity index (χ0n) is 10.8. The van der Waals surface area contributed by atoms with Crippen LogP contribution in [0.25, 0.3) is 0 Å². The van der Waals surface area contributed by atoms with E-state index in [0.29, 0.717) is 29.6 Å². The fourth-order valence-corrected chi connectivity index (χ4v) is 1.65. The SMILES string of the molecule is CCc1nc(NN)cc(Nc2ccc(F)cc2C#N)n1. The summed E-state index contributed by atoms with van der Waals surface area (Å²) in [4.78, 5) is 8.43. The molecule has 0 atom stereocenters. The van der Waals surface area contributed by atoms with Crippen LogP contribution < -0.4 is 16.6 Å². The molecule has 20 heavy (non-hydrogen) atoms. The molecule has 0 aliphatic rings. The van der Waals surface area contributed by atoms with Crippen LogP contribution in [0.15, 0.2) is 24.3 Å². The smallest absolute Gasteiger partial charge is 0.145 e. The molecular weight excluding hydrogens is 259 g/mol. The average Bonchev–Trinajstić information content (AvgIpc) is 2.48. The molecule has 0 bridgehead atoms. The van der Waals surface area contributed by atoms with E-state index < -0.39 is 5.82 Å². The van der Waals surface area contributed by atoms with Crippen molar-refractivity contribution in [3.8, 4) is 6.07 Å². The summed E-state index contributed by atoms with van der Waals surface area (Å²) in [7, 11) is 0. The molecule has 1 aromatic heterocycles. The third kappa shape index (κ3) is 2.99. The number of halogens is 1. The Kier molecular flexibility index (Phi) is 4.08. The van der Waals surface area contributed by atoms with E-state index in [-0.39, 0.29) is 5.56 Å². The van der Waals surface area contributed by atoms with Crippen LogP contribution in [0.1, 0.15) is 18.3 Å². The van der Waals surface area contributed by atoms with E-state index in [4.69, 9.17) is 11.1 Å². The van der Waals surface area contributed by atoms with Crippen LogP contribution in [0.4, 0.5) is 21.7 Å². The van der Waals surface area contributed by atoms with E-state index in [9.17, 15) is 4.39 Å². The van der Waals surface area contributed by atoms with Crippen LogP contribution in [0.5, 0.6) is 0 Å². The van der Waals surface area contributed by atoms with Gasteiger partial charge in [-0.1, -0.05) is 6.92 Å². The molecule has 1 heterocycles. The first-order valence-corrected chi connectivity index (χ1v) is 5.97. The topological polar surface area (TPSA) is 99.6 Å². The fraction of sp³-hybridized carbons (Fsp3) is 0.154. The van der Waals surface area contributed by atoms with Gasteiger partial charge < -0.3 is 10.7 Å². The summed E-state index contributed by atoms with van der Waals surface area (Å²) in [5, 5.41) is 12.0. The number of hydrazine groups is 1. The molecule has 0 saturated carbocycles. The molecule has 1 aromatic carbocycles. The van der Waals surface area contributed by atoms with Crippen molar-refractivity contribution in [2.45, 2.75) is 13.3 Å². The molecule has 102 valence electrons. The third-order valence-electron chi connectivity index (χ3n) is 2.60. The van der Waals surface area contributed by atoms with Crippen molar-refractivity contribution in [2.75, 3.05) is 10.7 Å². The predicted molar refractivity (Wildman–Crippen MR) is 73.6 cm³/mol. The number of nitriles is 1. The van der Waals surface area contributed by atoms with Gasteiger partial charge in [0, 0.05) is 12.5 Å². The minimum Gasteiger partial charge on any atom is -0.339 e. The molecule has 0 aliphatic carbocycles. The minimum atomic E-state index is -0.464. The van der Waals surface area contributed by atoms with Gasteiger partial charge in [0.1, 0.15) is 29.3 Å². The number of nitrogen functional groups attached to an aromatic ring is 1. The van der Waals surface area contributed by atoms with E-state index in [1.807, 2.05) is 13.0 Å². The number of anilines is 3. The van der Waals surface area contributed by atoms with Gasteiger partial charge in [-0.15, -0.1) is 0 Å². The molecule has 2 aromatic rings. The number of hydrogen-bond acceptors (Lipinski definition) is 6. The third-order valence-corrected chi connectivity index (χ3v) is 2.60. The Bertz CT molecular complexity index is 642. The van der Waals surface area contributed by atoms with E-state index in [1.165, 1.54) is 12.1 Å². The Morgan fingerprint density at radius 2 is 2.05 bits per heavy atom. The van der Waals surface area contributed by atoms with Gasteiger partial charge in [-0.25, -0.2) is 20.2 Å². The molecule has 0 spiro atoms. The maximum atomic E-state index is 13.1. The molecule has 2 rings (SSSR count). The van der Waals surface area contributed by atoms with Crippen LogP contribution in [0, 0.1) is 17.1 Å². The second kappa shape index (κ2) is 5.95. The zero-order valence-corrected chi connectivity index (χ0v) is 10.8. The van der Waals surface area contributed by atoms with Crippen molar-refractivity contribution < 1.29 is 4.39 Å². The molecule has 4 N–H and O–H groups in total. The molecule has 0 saturated heterocycles. The van der Waals surface area contributed by atoms with Crippen molar-refractivity contribution in [3.05, 3.63) is 41.5 Å². The van der Waals surface area contributed by atoms with Gasteiger partial charge in [-0.05, 0) is 18.2 Å². The summed E-state index contributed by atoms with van der Waals surface area (Å²) in [6.45, 7) is 1.91. The van der Waals surface area contributed by atoms with E-state index in [2.05, 4.69) is 20.7 Å². The maximum absolute atomic E-state index is 13.1. The Morgan fingerprint density at radius 1 is 1.30 bits per heavy atom. The number of aryl methyl sites for hydroxylation is 1. The molecule has 0 amide bonds. The summed E-state index contributed by atoms with van der Waals surface area (Å²) in [6.07, 6.45) is 0.638. The van der Waals surface area contributed by atoms with Crippen molar-refractivity contribution >= 4 is 17.3 Å². The number of nitrogens with one attached hydrogen (secondary N) is 2. The second-order valence-electron chi connectivity index (χ2n) is 3.98. The molecular formula is C13H13FN6. The Hall–Kier alpha value is -2.72. The van der Waals surface area contributed by atoms with Gasteiger partial charge in [0.2, 0.25) is 0 Å². The van der Waals surface area contributed by atoms with Crippen molar-refractivity contribution in [3.63, 3.8) is 0 Å². The molecule has 0 fully saturated rings. The predicted octanol–water partition coefficient (Wildman–Crippen LogP) is 2.08. The zero-order chi connectivity index (χ0) is 14.5. The number of nitrogens with two attached hydrogens (primary N) is 1. The Morgan fingerprint density at radius 3 is 2.70 bits per heavy atom. The lowest BCUT2D eigenvalue weighted by Gasteiger charge is -2.10. The highest BCUT2D eigenvalue weighted by Crippen LogP contribution is 2.21. The number of rotatable bonds is 4. The lowest BCUT2D eigenvalue weighted by atomic mass is 10.2. The Labute approximate surface area is 115 Å². The van der Waals surface area contributed by atoms with Crippen molar-refractivity contribution in [1.29, 1.82) is 5.26 Å². The van der Waals surface area contributed by atoms with E-state index in [1.54, 1.807) is 6.07 Å². The summed E-state index contributed by atoms with van der Waals surface area (Å²) in [5.41, 5.74) is 3.12. The number of aromatic nitrogens is 2. The fourth-order valence-electron chi connectivity index (χ4n) is 1.65. The van der Waals surface area contributed by atoms with Gasteiger partial charge in [0.15, 0.2) is 0 Å². The van der Waals surface area contributed by atoms with Gasteiger partial charge >= 0.3 is 0 Å². The molecule has 0 unspecified atom stereocenters. The first-order valence-electron chi connectivity index (χ1n) is 5.97. The summed E-state index contributed by atoms with van der Waals surface area (Å²) < 4.78 is 13.1. The monoisotopic (exact) mass is 272 g/mol. The lowest BCUT2D eigenvalue weighted by Crippen LogP contribution is -2.11. The van der Waals surface area contributed by atoms with Gasteiger partial charge in [-0.3, -0.25) is 0 Å². The van der Waals surface area contributed by atoms with E-state index in [0.717, 1.165) is 6.07 Å². The average molecular weight is 272 g/mol. The Balaban J connectivity index is 2.37. The number of hydrogen-bond donors (Lipinski definition) is 3. The largest absolute Gasteiger partial charge is 0.339 e. The van der Waals surface area contributed by atoms with Crippen LogP contribution in [-0.4, -0.2) is 9.97 Å². The standard InChI is InChI=1S/C13H13FN6/c1-2-11-18-12(6-13(19-11)20-16)17-10-4-3-9(14)5-8(10)7-15/h3-6H,2,16H2,1H3,(H2,17,18,19,20). The van der Waals surface area contributed by atoms with Crippen LogP contribution in [0.2, 0.25) is 0 Å². The lowest BCUT2D eigenvalue weighted by molar-refractivity contribution is 0.627. The minimum absolute atomic E-state index is 0.198. The second-order valence-corrected chi connectivity index (χ2v) is 3.98. The van der Waals surface area contributed by atoms with Gasteiger partial charge in [0.05, 0.1) is 11.3 Å². The molecule has 7 heteroatoms. The molecule has 6 nitrogen and oxygen atoms in total. The molecule has 0 radical (unpaired) electrons. The first kappa shape index (κ1) is 13.7.